The zero-order valence-corrected chi connectivity index (χ0v) is 17.2. The summed E-state index contributed by atoms with van der Waals surface area (Å²) < 4.78 is 12.1. The normalized spacial score (nSPS) is 10.3. The van der Waals surface area contributed by atoms with Gasteiger partial charge >= 0.3 is 12.0 Å². The van der Waals surface area contributed by atoms with E-state index in [1.54, 1.807) is 41.2 Å². The topological polar surface area (TPSA) is 126 Å². The lowest BCUT2D eigenvalue weighted by Crippen LogP contribution is -2.37. The Labute approximate surface area is 178 Å². The molecule has 31 heavy (non-hydrogen) atoms. The van der Waals surface area contributed by atoms with Crippen molar-refractivity contribution in [3.05, 3.63) is 70.7 Å². The van der Waals surface area contributed by atoms with Gasteiger partial charge in [0, 0.05) is 18.1 Å². The van der Waals surface area contributed by atoms with Gasteiger partial charge in [0.2, 0.25) is 5.88 Å². The molecule has 0 bridgehead atoms. The van der Waals surface area contributed by atoms with Crippen molar-refractivity contribution >= 4 is 23.6 Å². The summed E-state index contributed by atoms with van der Waals surface area (Å²) in [4.78, 5) is 36.4. The minimum absolute atomic E-state index is 0.00779. The molecule has 9 nitrogen and oxygen atoms in total. The van der Waals surface area contributed by atoms with Crippen molar-refractivity contribution in [3.8, 4) is 12.0 Å². The number of furan rings is 1. The number of carbonyl (C=O) groups is 3. The van der Waals surface area contributed by atoms with Gasteiger partial charge in [0.25, 0.3) is 5.91 Å². The molecule has 0 aliphatic carbocycles. The Bertz CT molecular complexity index is 1190. The molecule has 0 saturated carbocycles. The summed E-state index contributed by atoms with van der Waals surface area (Å²) in [5.41, 5.74) is 2.50. The number of urea groups is 1. The molecular formula is C22H20N4O5. The molecule has 0 fully saturated rings. The maximum Gasteiger partial charge on any atom is 0.343 e. The Kier molecular flexibility index (Phi) is 6.21. The predicted molar refractivity (Wildman–Crippen MR) is 111 cm³/mol. The third-order valence-electron chi connectivity index (χ3n) is 4.57. The maximum atomic E-state index is 12.5. The summed E-state index contributed by atoms with van der Waals surface area (Å²) in [6.45, 7) is 4.66. The van der Waals surface area contributed by atoms with Crippen LogP contribution in [0.25, 0.3) is 5.88 Å². The molecule has 9 heteroatoms. The molecule has 3 rings (SSSR count). The van der Waals surface area contributed by atoms with Crippen molar-refractivity contribution in [1.29, 1.82) is 5.26 Å². The fraction of sp³-hybridized carbons (Fsp3) is 0.182. The number of ether oxygens (including phenoxy) is 1. The number of nitrogens with one attached hydrogen (secondary N) is 2. The summed E-state index contributed by atoms with van der Waals surface area (Å²) in [6.07, 6.45) is 3.33. The van der Waals surface area contributed by atoms with Gasteiger partial charge in [-0.3, -0.25) is 14.7 Å². The van der Waals surface area contributed by atoms with Crippen LogP contribution < -0.4 is 10.6 Å². The van der Waals surface area contributed by atoms with Crippen molar-refractivity contribution in [2.24, 2.45) is 0 Å². The molecule has 0 radical (unpaired) electrons. The van der Waals surface area contributed by atoms with E-state index in [0.717, 1.165) is 11.1 Å². The van der Waals surface area contributed by atoms with Crippen molar-refractivity contribution < 1.29 is 23.5 Å². The van der Waals surface area contributed by atoms with Gasteiger partial charge in [0.15, 0.2) is 6.61 Å². The molecule has 0 unspecified atom stereocenters. The van der Waals surface area contributed by atoms with Crippen molar-refractivity contribution in [3.63, 3.8) is 0 Å². The van der Waals surface area contributed by atoms with E-state index < -0.39 is 24.5 Å². The largest absolute Gasteiger partial charge is 0.452 e. The van der Waals surface area contributed by atoms with Crippen molar-refractivity contribution in [1.82, 2.24) is 9.88 Å². The Morgan fingerprint density at radius 2 is 1.84 bits per heavy atom. The highest BCUT2D eigenvalue weighted by molar-refractivity contribution is 6.02. The molecule has 0 saturated heterocycles. The summed E-state index contributed by atoms with van der Waals surface area (Å²) in [5, 5.41) is 14.1. The van der Waals surface area contributed by atoms with Gasteiger partial charge < -0.3 is 14.5 Å². The lowest BCUT2D eigenvalue weighted by molar-refractivity contribution is -0.123. The molecular weight excluding hydrogens is 400 g/mol. The first-order valence-corrected chi connectivity index (χ1v) is 9.32. The Balaban J connectivity index is 1.60. The highest BCUT2D eigenvalue weighted by Crippen LogP contribution is 2.26. The lowest BCUT2D eigenvalue weighted by Gasteiger charge is -2.09. The quantitative estimate of drug-likeness (QED) is 0.610. The summed E-state index contributed by atoms with van der Waals surface area (Å²) >= 11 is 0. The summed E-state index contributed by atoms with van der Waals surface area (Å²) in [6, 6.07) is 9.98. The molecule has 1 aromatic carbocycles. The second-order valence-electron chi connectivity index (χ2n) is 6.79. The number of rotatable bonds is 5. The van der Waals surface area contributed by atoms with Crippen LogP contribution in [0, 0.1) is 32.1 Å². The average Bonchev–Trinajstić information content (AvgIpc) is 3.36. The Hall–Kier alpha value is -4.32. The third-order valence-corrected chi connectivity index (χ3v) is 4.57. The van der Waals surface area contributed by atoms with Gasteiger partial charge in [-0.15, -0.1) is 0 Å². The zero-order valence-electron chi connectivity index (χ0n) is 17.2. The lowest BCUT2D eigenvalue weighted by atomic mass is 10.1. The van der Waals surface area contributed by atoms with E-state index in [1.807, 2.05) is 26.0 Å². The number of nitriles is 1. The van der Waals surface area contributed by atoms with Gasteiger partial charge in [-0.25, -0.2) is 9.59 Å². The fourth-order valence-corrected chi connectivity index (χ4v) is 2.88. The minimum Gasteiger partial charge on any atom is -0.452 e. The number of aryl methyl sites for hydroxylation is 3. The van der Waals surface area contributed by atoms with Crippen LogP contribution in [0.2, 0.25) is 0 Å². The van der Waals surface area contributed by atoms with Crippen LogP contribution >= 0.6 is 0 Å². The molecule has 3 amide bonds. The van der Waals surface area contributed by atoms with E-state index in [2.05, 4.69) is 10.6 Å². The Morgan fingerprint density at radius 3 is 2.48 bits per heavy atom. The highest BCUT2D eigenvalue weighted by atomic mass is 16.5. The van der Waals surface area contributed by atoms with Crippen LogP contribution in [0.4, 0.5) is 10.5 Å². The first kappa shape index (κ1) is 21.4. The monoisotopic (exact) mass is 420 g/mol. The molecule has 2 aromatic heterocycles. The number of esters is 1. The third kappa shape index (κ3) is 4.82. The van der Waals surface area contributed by atoms with Crippen molar-refractivity contribution in [2.45, 2.75) is 20.8 Å². The number of anilines is 1. The van der Waals surface area contributed by atoms with Crippen molar-refractivity contribution in [2.75, 3.05) is 11.9 Å². The average molecular weight is 420 g/mol. The van der Waals surface area contributed by atoms with E-state index in [0.29, 0.717) is 5.69 Å². The second-order valence-corrected chi connectivity index (χ2v) is 6.79. The summed E-state index contributed by atoms with van der Waals surface area (Å²) in [7, 11) is 0. The minimum atomic E-state index is -0.902. The van der Waals surface area contributed by atoms with E-state index in [1.165, 1.54) is 6.92 Å². The second kappa shape index (κ2) is 9.00. The van der Waals surface area contributed by atoms with Crippen LogP contribution in [-0.4, -0.2) is 29.1 Å². The standard InChI is InChI=1S/C22H20N4O5/c1-13-6-7-16(10-14(13)2)24-22(29)25-18(27)12-30-21(28)19-15(3)31-20(17(19)11-23)26-8-4-5-9-26/h4-10H,12H2,1-3H3,(H2,24,25,27,29). The maximum absolute atomic E-state index is 12.5. The molecule has 0 aliphatic heterocycles. The van der Waals surface area contributed by atoms with Crippen LogP contribution in [0.15, 0.2) is 47.1 Å². The smallest absolute Gasteiger partial charge is 0.343 e. The summed E-state index contributed by atoms with van der Waals surface area (Å²) in [5.74, 6) is -1.37. The van der Waals surface area contributed by atoms with Crippen LogP contribution in [0.3, 0.4) is 0 Å². The number of benzene rings is 1. The SMILES string of the molecule is Cc1ccc(NC(=O)NC(=O)COC(=O)c2c(C)oc(-n3cccc3)c2C#N)cc1C. The number of amides is 3. The Morgan fingerprint density at radius 1 is 1.13 bits per heavy atom. The molecule has 158 valence electrons. The van der Waals surface area contributed by atoms with Crippen LogP contribution in [0.5, 0.6) is 0 Å². The van der Waals surface area contributed by atoms with E-state index in [9.17, 15) is 19.6 Å². The predicted octanol–water partition coefficient (Wildman–Crippen LogP) is 3.37. The van der Waals surface area contributed by atoms with E-state index >= 15 is 0 Å². The molecule has 3 aromatic rings. The molecule has 0 atom stereocenters. The van der Waals surface area contributed by atoms with Gasteiger partial charge in [-0.2, -0.15) is 5.26 Å². The number of nitrogens with zero attached hydrogens (tertiary/aromatic N) is 2. The number of carbonyl (C=O) groups excluding carboxylic acids is 3. The van der Waals surface area contributed by atoms with Gasteiger partial charge in [-0.05, 0) is 56.2 Å². The van der Waals surface area contributed by atoms with E-state index in [4.69, 9.17) is 9.15 Å². The highest BCUT2D eigenvalue weighted by Gasteiger charge is 2.26. The zero-order chi connectivity index (χ0) is 22.5. The first-order chi connectivity index (χ1) is 14.8. The number of imide groups is 1. The first-order valence-electron chi connectivity index (χ1n) is 9.32. The molecule has 2 N–H and O–H groups in total. The van der Waals surface area contributed by atoms with Crippen LogP contribution in [-0.2, 0) is 9.53 Å². The van der Waals surface area contributed by atoms with Gasteiger partial charge in [0.05, 0.1) is 0 Å². The fourth-order valence-electron chi connectivity index (χ4n) is 2.88. The van der Waals surface area contributed by atoms with Gasteiger partial charge in [-0.1, -0.05) is 6.07 Å². The molecule has 0 aliphatic rings. The van der Waals surface area contributed by atoms with Gasteiger partial charge in [0.1, 0.15) is 23.0 Å². The number of aromatic nitrogens is 1. The van der Waals surface area contributed by atoms with Crippen LogP contribution in [0.1, 0.15) is 32.8 Å². The molecule has 0 spiro atoms. The number of hydrogen-bond donors (Lipinski definition) is 2. The van der Waals surface area contributed by atoms with E-state index in [-0.39, 0.29) is 22.8 Å². The number of hydrogen-bond acceptors (Lipinski definition) is 6. The molecule has 2 heterocycles.